The van der Waals surface area contributed by atoms with Crippen LogP contribution in [0.25, 0.3) is 0 Å². The number of ether oxygens (including phenoxy) is 1. The summed E-state index contributed by atoms with van der Waals surface area (Å²) in [5.41, 5.74) is 7.18. The summed E-state index contributed by atoms with van der Waals surface area (Å²) in [6.07, 6.45) is 0. The van der Waals surface area contributed by atoms with Crippen LogP contribution < -0.4 is 4.74 Å². The fourth-order valence-electron chi connectivity index (χ4n) is 2.65. The number of halogens is 1. The molecule has 0 aliphatic carbocycles. The summed E-state index contributed by atoms with van der Waals surface area (Å²) in [6.45, 7) is 8.97. The van der Waals surface area contributed by atoms with Crippen LogP contribution in [0.3, 0.4) is 0 Å². The Morgan fingerprint density at radius 2 is 1.35 bits per heavy atom. The van der Waals surface area contributed by atoms with Gasteiger partial charge in [-0.15, -0.1) is 11.6 Å². The third-order valence-corrected chi connectivity index (χ3v) is 3.65. The Hall–Kier alpha value is -1.47. The van der Waals surface area contributed by atoms with E-state index in [1.54, 1.807) is 0 Å². The molecular weight excluding hydrogens is 268 g/mol. The maximum atomic E-state index is 6.02. The quantitative estimate of drug-likeness (QED) is 0.699. The van der Waals surface area contributed by atoms with Gasteiger partial charge in [0.05, 0.1) is 0 Å². The topological polar surface area (TPSA) is 9.23 Å². The van der Waals surface area contributed by atoms with Gasteiger partial charge in [-0.25, -0.2) is 0 Å². The van der Waals surface area contributed by atoms with Crippen molar-refractivity contribution < 1.29 is 4.74 Å². The first-order chi connectivity index (χ1) is 9.49. The van der Waals surface area contributed by atoms with Crippen molar-refractivity contribution in [2.45, 2.75) is 40.2 Å². The zero-order valence-electron chi connectivity index (χ0n) is 12.6. The van der Waals surface area contributed by atoms with Gasteiger partial charge in [0.1, 0.15) is 12.4 Å². The predicted octanol–water partition coefficient (Wildman–Crippen LogP) is 5.24. The molecule has 2 rings (SSSR count). The van der Waals surface area contributed by atoms with Gasteiger partial charge in [0.15, 0.2) is 0 Å². The van der Waals surface area contributed by atoms with Gasteiger partial charge in [-0.2, -0.15) is 0 Å². The van der Waals surface area contributed by atoms with Crippen LogP contribution in [0.4, 0.5) is 0 Å². The lowest BCUT2D eigenvalue weighted by Gasteiger charge is -2.14. The molecule has 0 fully saturated rings. The second kappa shape index (κ2) is 6.32. The van der Waals surface area contributed by atoms with Crippen LogP contribution >= 0.6 is 11.6 Å². The molecule has 0 aromatic heterocycles. The van der Waals surface area contributed by atoms with Crippen LogP contribution in [0, 0.1) is 27.7 Å². The molecule has 0 amide bonds. The highest BCUT2D eigenvalue weighted by Gasteiger charge is 2.07. The first-order valence-corrected chi connectivity index (χ1v) is 7.39. The number of aryl methyl sites for hydroxylation is 4. The molecule has 0 N–H and O–H groups in total. The lowest BCUT2D eigenvalue weighted by Crippen LogP contribution is -2.00. The molecule has 0 bridgehead atoms. The number of hydrogen-bond donors (Lipinski definition) is 0. The molecule has 2 heteroatoms. The Bertz CT molecular complexity index is 574. The molecule has 0 heterocycles. The van der Waals surface area contributed by atoms with E-state index in [4.69, 9.17) is 16.3 Å². The third kappa shape index (κ3) is 3.55. The Morgan fingerprint density at radius 3 is 1.85 bits per heavy atom. The van der Waals surface area contributed by atoms with Crippen LogP contribution in [-0.2, 0) is 12.5 Å². The first kappa shape index (κ1) is 14.9. The van der Waals surface area contributed by atoms with Crippen LogP contribution in [0.15, 0.2) is 30.3 Å². The van der Waals surface area contributed by atoms with E-state index in [0.29, 0.717) is 12.5 Å². The summed E-state index contributed by atoms with van der Waals surface area (Å²) < 4.78 is 6.02. The molecule has 0 aliphatic heterocycles. The molecule has 0 saturated heterocycles. The predicted molar refractivity (Wildman–Crippen MR) is 85.7 cm³/mol. The van der Waals surface area contributed by atoms with Gasteiger partial charge in [-0.1, -0.05) is 41.5 Å². The highest BCUT2D eigenvalue weighted by molar-refractivity contribution is 6.17. The van der Waals surface area contributed by atoms with Crippen molar-refractivity contribution in [2.24, 2.45) is 0 Å². The number of alkyl halides is 1. The van der Waals surface area contributed by atoms with E-state index in [1.165, 1.54) is 16.7 Å². The largest absolute Gasteiger partial charge is 0.488 e. The summed E-state index contributed by atoms with van der Waals surface area (Å²) >= 11 is 5.89. The van der Waals surface area contributed by atoms with Gasteiger partial charge in [0, 0.05) is 5.88 Å². The Kier molecular flexibility index (Phi) is 4.72. The maximum Gasteiger partial charge on any atom is 0.125 e. The minimum absolute atomic E-state index is 0.541. The molecule has 0 aliphatic rings. The van der Waals surface area contributed by atoms with Crippen LogP contribution in [0.1, 0.15) is 33.4 Å². The van der Waals surface area contributed by atoms with E-state index in [1.807, 2.05) is 0 Å². The molecule has 0 spiro atoms. The smallest absolute Gasteiger partial charge is 0.125 e. The van der Waals surface area contributed by atoms with Crippen molar-refractivity contribution in [3.05, 3.63) is 63.7 Å². The fourth-order valence-corrected chi connectivity index (χ4v) is 2.81. The third-order valence-electron chi connectivity index (χ3n) is 3.34. The summed E-state index contributed by atoms with van der Waals surface area (Å²) in [6, 6.07) is 10.7. The van der Waals surface area contributed by atoms with E-state index in [0.717, 1.165) is 22.4 Å². The molecule has 0 radical (unpaired) electrons. The second-order valence-corrected chi connectivity index (χ2v) is 5.74. The van der Waals surface area contributed by atoms with Crippen LogP contribution in [0.2, 0.25) is 0 Å². The Balaban J connectivity index is 2.18. The number of hydrogen-bond acceptors (Lipinski definition) is 1. The summed E-state index contributed by atoms with van der Waals surface area (Å²) in [4.78, 5) is 0. The molecule has 1 nitrogen and oxygen atoms in total. The molecule has 2 aromatic carbocycles. The van der Waals surface area contributed by atoms with Gasteiger partial charge in [-0.3, -0.25) is 0 Å². The maximum absolute atomic E-state index is 6.02. The minimum atomic E-state index is 0.541. The van der Waals surface area contributed by atoms with Crippen molar-refractivity contribution in [1.29, 1.82) is 0 Å². The van der Waals surface area contributed by atoms with Crippen molar-refractivity contribution in [3.63, 3.8) is 0 Å². The summed E-state index contributed by atoms with van der Waals surface area (Å²) in [5, 5.41) is 0. The molecule has 0 saturated carbocycles. The van der Waals surface area contributed by atoms with Crippen LogP contribution in [-0.4, -0.2) is 0 Å². The average Bonchev–Trinajstić information content (AvgIpc) is 2.36. The first-order valence-electron chi connectivity index (χ1n) is 6.85. The standard InChI is InChI=1S/C18H21ClO/c1-12-5-13(2)7-17(6-12)11-20-18-14(3)8-16(10-19)9-15(18)4/h5-9H,10-11H2,1-4H3. The molecular formula is C18H21ClO. The number of benzene rings is 2. The zero-order valence-corrected chi connectivity index (χ0v) is 13.3. The van der Waals surface area contributed by atoms with Gasteiger partial charge < -0.3 is 4.74 Å². The normalized spacial score (nSPS) is 10.7. The number of rotatable bonds is 4. The SMILES string of the molecule is Cc1cc(C)cc(COc2c(C)cc(CCl)cc2C)c1. The van der Waals surface area contributed by atoms with Gasteiger partial charge in [0.2, 0.25) is 0 Å². The Morgan fingerprint density at radius 1 is 0.800 bits per heavy atom. The molecule has 2 aromatic rings. The monoisotopic (exact) mass is 288 g/mol. The highest BCUT2D eigenvalue weighted by atomic mass is 35.5. The van der Waals surface area contributed by atoms with Crippen molar-refractivity contribution >= 4 is 11.6 Å². The molecule has 106 valence electrons. The molecule has 20 heavy (non-hydrogen) atoms. The lowest BCUT2D eigenvalue weighted by molar-refractivity contribution is 0.301. The second-order valence-electron chi connectivity index (χ2n) is 5.48. The van der Waals surface area contributed by atoms with E-state index in [9.17, 15) is 0 Å². The van der Waals surface area contributed by atoms with E-state index in [2.05, 4.69) is 58.0 Å². The zero-order chi connectivity index (χ0) is 14.7. The Labute approximate surface area is 126 Å². The van der Waals surface area contributed by atoms with Gasteiger partial charge >= 0.3 is 0 Å². The highest BCUT2D eigenvalue weighted by Crippen LogP contribution is 2.26. The van der Waals surface area contributed by atoms with Crippen molar-refractivity contribution in [1.82, 2.24) is 0 Å². The van der Waals surface area contributed by atoms with Gasteiger partial charge in [0.25, 0.3) is 0 Å². The summed E-state index contributed by atoms with van der Waals surface area (Å²) in [5.74, 6) is 1.51. The minimum Gasteiger partial charge on any atom is -0.488 e. The van der Waals surface area contributed by atoms with Gasteiger partial charge in [-0.05, 0) is 49.9 Å². The van der Waals surface area contributed by atoms with Crippen molar-refractivity contribution in [2.75, 3.05) is 0 Å². The van der Waals surface area contributed by atoms with E-state index < -0.39 is 0 Å². The summed E-state index contributed by atoms with van der Waals surface area (Å²) in [7, 11) is 0. The lowest BCUT2D eigenvalue weighted by atomic mass is 10.1. The van der Waals surface area contributed by atoms with E-state index in [-0.39, 0.29) is 0 Å². The van der Waals surface area contributed by atoms with Crippen molar-refractivity contribution in [3.8, 4) is 5.75 Å². The molecule has 0 unspecified atom stereocenters. The van der Waals surface area contributed by atoms with E-state index >= 15 is 0 Å². The fraction of sp³-hybridized carbons (Fsp3) is 0.333. The average molecular weight is 289 g/mol. The van der Waals surface area contributed by atoms with Crippen LogP contribution in [0.5, 0.6) is 5.75 Å². The molecule has 0 atom stereocenters.